The molecule has 2 heterocycles. The molecule has 8 heteroatoms. The second-order valence-corrected chi connectivity index (χ2v) is 3.76. The van der Waals surface area contributed by atoms with Crippen LogP contribution in [0.2, 0.25) is 0 Å². The summed E-state index contributed by atoms with van der Waals surface area (Å²) in [6.45, 7) is 3.07. The smallest absolute Gasteiger partial charge is 0.325 e. The van der Waals surface area contributed by atoms with E-state index in [2.05, 4.69) is 20.4 Å². The molecule has 18 heavy (non-hydrogen) atoms. The number of carboxylic acids is 1. The number of carbonyl (C=O) groups is 2. The van der Waals surface area contributed by atoms with Crippen LogP contribution in [0.25, 0.3) is 5.78 Å². The number of amides is 1. The van der Waals surface area contributed by atoms with Crippen LogP contribution in [0, 0.1) is 6.92 Å². The average Bonchev–Trinajstić information content (AvgIpc) is 2.78. The van der Waals surface area contributed by atoms with Crippen LogP contribution in [0.4, 0.5) is 0 Å². The van der Waals surface area contributed by atoms with E-state index in [1.165, 1.54) is 24.0 Å². The highest BCUT2D eigenvalue weighted by Gasteiger charge is 2.18. The Bertz CT molecular complexity index is 621. The summed E-state index contributed by atoms with van der Waals surface area (Å²) >= 11 is 0. The zero-order chi connectivity index (χ0) is 13.3. The fourth-order valence-electron chi connectivity index (χ4n) is 1.45. The second-order valence-electron chi connectivity index (χ2n) is 3.76. The molecule has 0 fully saturated rings. The third-order valence-corrected chi connectivity index (χ3v) is 2.51. The van der Waals surface area contributed by atoms with Gasteiger partial charge in [-0.25, -0.2) is 9.50 Å². The Morgan fingerprint density at radius 1 is 1.44 bits per heavy atom. The van der Waals surface area contributed by atoms with Crippen LogP contribution in [0.3, 0.4) is 0 Å². The van der Waals surface area contributed by atoms with Gasteiger partial charge in [0.2, 0.25) is 0 Å². The van der Waals surface area contributed by atoms with Crippen molar-refractivity contribution in [2.45, 2.75) is 19.9 Å². The number of nitrogens with zero attached hydrogens (tertiary/aromatic N) is 4. The van der Waals surface area contributed by atoms with E-state index in [-0.39, 0.29) is 5.56 Å². The van der Waals surface area contributed by atoms with Gasteiger partial charge in [0.25, 0.3) is 11.7 Å². The van der Waals surface area contributed by atoms with Gasteiger partial charge < -0.3 is 10.4 Å². The number of hydrogen-bond donors (Lipinski definition) is 2. The molecule has 0 radical (unpaired) electrons. The van der Waals surface area contributed by atoms with Crippen LogP contribution in [0.5, 0.6) is 0 Å². The van der Waals surface area contributed by atoms with Gasteiger partial charge >= 0.3 is 5.97 Å². The molecule has 2 aromatic rings. The molecule has 94 valence electrons. The van der Waals surface area contributed by atoms with Gasteiger partial charge in [0.1, 0.15) is 12.4 Å². The first-order valence-electron chi connectivity index (χ1n) is 5.19. The molecule has 0 saturated carbocycles. The molecule has 2 aromatic heterocycles. The van der Waals surface area contributed by atoms with Crippen LogP contribution in [-0.4, -0.2) is 42.6 Å². The monoisotopic (exact) mass is 249 g/mol. The summed E-state index contributed by atoms with van der Waals surface area (Å²) in [5, 5.41) is 15.0. The summed E-state index contributed by atoms with van der Waals surface area (Å²) in [6.07, 6.45) is 2.68. The SMILES string of the molecule is Cc1c(C(=O)N[C@H](C)C(=O)O)cnc2ncnn12. The third-order valence-electron chi connectivity index (χ3n) is 2.51. The third kappa shape index (κ3) is 1.99. The normalized spacial score (nSPS) is 12.3. The largest absolute Gasteiger partial charge is 0.480 e. The van der Waals surface area contributed by atoms with Gasteiger partial charge in [0.15, 0.2) is 0 Å². The van der Waals surface area contributed by atoms with Gasteiger partial charge in [-0.05, 0) is 13.8 Å². The molecule has 2 N–H and O–H groups in total. The summed E-state index contributed by atoms with van der Waals surface area (Å²) in [6, 6.07) is -0.969. The van der Waals surface area contributed by atoms with Gasteiger partial charge in [-0.3, -0.25) is 9.59 Å². The molecule has 0 aromatic carbocycles. The van der Waals surface area contributed by atoms with Gasteiger partial charge in [-0.15, -0.1) is 0 Å². The lowest BCUT2D eigenvalue weighted by molar-refractivity contribution is -0.138. The molecule has 1 amide bonds. The number of aromatic nitrogens is 4. The summed E-state index contributed by atoms with van der Waals surface area (Å²) in [5.41, 5.74) is 0.814. The summed E-state index contributed by atoms with van der Waals surface area (Å²) < 4.78 is 1.42. The predicted octanol–water partition coefficient (Wildman–Crippen LogP) is -0.364. The number of aryl methyl sites for hydroxylation is 1. The zero-order valence-electron chi connectivity index (χ0n) is 9.78. The minimum Gasteiger partial charge on any atom is -0.480 e. The van der Waals surface area contributed by atoms with Crippen LogP contribution >= 0.6 is 0 Å². The first-order chi connectivity index (χ1) is 8.50. The maximum atomic E-state index is 11.9. The fourth-order valence-corrected chi connectivity index (χ4v) is 1.45. The topological polar surface area (TPSA) is 109 Å². The molecular formula is C10H11N5O3. The molecule has 0 aliphatic carbocycles. The van der Waals surface area contributed by atoms with Crippen molar-refractivity contribution in [3.63, 3.8) is 0 Å². The van der Waals surface area contributed by atoms with Crippen molar-refractivity contribution >= 4 is 17.7 Å². The minimum atomic E-state index is -1.10. The lowest BCUT2D eigenvalue weighted by atomic mass is 10.2. The number of nitrogens with one attached hydrogen (secondary N) is 1. The number of hydrogen-bond acceptors (Lipinski definition) is 5. The van der Waals surface area contributed by atoms with Crippen molar-refractivity contribution < 1.29 is 14.7 Å². The summed E-state index contributed by atoms with van der Waals surface area (Å²) in [7, 11) is 0. The van der Waals surface area contributed by atoms with Crippen molar-refractivity contribution in [2.24, 2.45) is 0 Å². The van der Waals surface area contributed by atoms with Crippen LogP contribution in [0.15, 0.2) is 12.5 Å². The van der Waals surface area contributed by atoms with Crippen LogP contribution in [-0.2, 0) is 4.79 Å². The van der Waals surface area contributed by atoms with E-state index in [0.29, 0.717) is 11.5 Å². The van der Waals surface area contributed by atoms with E-state index < -0.39 is 17.9 Å². The van der Waals surface area contributed by atoms with Crippen LogP contribution < -0.4 is 5.32 Å². The highest BCUT2D eigenvalue weighted by molar-refractivity contribution is 5.97. The van der Waals surface area contributed by atoms with E-state index >= 15 is 0 Å². The highest BCUT2D eigenvalue weighted by Crippen LogP contribution is 2.07. The van der Waals surface area contributed by atoms with E-state index in [1.54, 1.807) is 6.92 Å². The molecule has 0 aliphatic heterocycles. The predicted molar refractivity (Wildman–Crippen MR) is 60.1 cm³/mol. The van der Waals surface area contributed by atoms with E-state index in [4.69, 9.17) is 5.11 Å². The van der Waals surface area contributed by atoms with E-state index in [1.807, 2.05) is 0 Å². The lowest BCUT2D eigenvalue weighted by Gasteiger charge is -2.10. The van der Waals surface area contributed by atoms with E-state index in [9.17, 15) is 9.59 Å². The van der Waals surface area contributed by atoms with Gasteiger partial charge in [0, 0.05) is 6.20 Å². The minimum absolute atomic E-state index is 0.265. The summed E-state index contributed by atoms with van der Waals surface area (Å²) in [5.74, 6) is -1.22. The molecule has 1 atom stereocenters. The maximum absolute atomic E-state index is 11.9. The van der Waals surface area contributed by atoms with Crippen molar-refractivity contribution in [2.75, 3.05) is 0 Å². The molecule has 0 aliphatic rings. The Morgan fingerprint density at radius 3 is 2.83 bits per heavy atom. The molecule has 0 unspecified atom stereocenters. The Hall–Kier alpha value is -2.51. The first-order valence-corrected chi connectivity index (χ1v) is 5.19. The zero-order valence-corrected chi connectivity index (χ0v) is 9.78. The lowest BCUT2D eigenvalue weighted by Crippen LogP contribution is -2.38. The molecule has 8 nitrogen and oxygen atoms in total. The van der Waals surface area contributed by atoms with Gasteiger partial charge in [-0.2, -0.15) is 10.1 Å². The molecule has 2 rings (SSSR count). The van der Waals surface area contributed by atoms with E-state index in [0.717, 1.165) is 0 Å². The molecule has 0 spiro atoms. The van der Waals surface area contributed by atoms with Crippen molar-refractivity contribution in [3.8, 4) is 0 Å². The van der Waals surface area contributed by atoms with Gasteiger partial charge in [0.05, 0.1) is 11.3 Å². The molecule has 0 bridgehead atoms. The standard InChI is InChI=1S/C10H11N5O3/c1-5(9(17)18)14-8(16)7-3-11-10-12-4-13-15(10)6(7)2/h3-5H,1-2H3,(H,14,16)(H,17,18)/t5-/m1/s1. The Kier molecular flexibility index (Phi) is 2.92. The number of carbonyl (C=O) groups excluding carboxylic acids is 1. The number of fused-ring (bicyclic) bond motifs is 1. The Labute approximate surface area is 102 Å². The maximum Gasteiger partial charge on any atom is 0.325 e. The highest BCUT2D eigenvalue weighted by atomic mass is 16.4. The van der Waals surface area contributed by atoms with Crippen LogP contribution in [0.1, 0.15) is 23.0 Å². The Balaban J connectivity index is 2.33. The Morgan fingerprint density at radius 2 is 2.17 bits per heavy atom. The van der Waals surface area contributed by atoms with Crippen molar-refractivity contribution in [3.05, 3.63) is 23.8 Å². The number of rotatable bonds is 3. The first kappa shape index (κ1) is 12.0. The molecule has 0 saturated heterocycles. The second kappa shape index (κ2) is 4.40. The molecular weight excluding hydrogens is 238 g/mol. The van der Waals surface area contributed by atoms with Crippen molar-refractivity contribution in [1.82, 2.24) is 24.9 Å². The van der Waals surface area contributed by atoms with Crippen molar-refractivity contribution in [1.29, 1.82) is 0 Å². The number of carboxylic acid groups (broad SMARTS) is 1. The fraction of sp³-hybridized carbons (Fsp3) is 0.300. The number of aliphatic carboxylic acids is 1. The average molecular weight is 249 g/mol. The quantitative estimate of drug-likeness (QED) is 0.768. The van der Waals surface area contributed by atoms with Gasteiger partial charge in [-0.1, -0.05) is 0 Å². The summed E-state index contributed by atoms with van der Waals surface area (Å²) in [4.78, 5) is 30.4.